The molecule has 0 saturated heterocycles. The van der Waals surface area contributed by atoms with E-state index in [9.17, 15) is 14.5 Å². The predicted octanol–water partition coefficient (Wildman–Crippen LogP) is 3.51. The van der Waals surface area contributed by atoms with Crippen molar-refractivity contribution in [1.29, 1.82) is 0 Å². The highest BCUT2D eigenvalue weighted by molar-refractivity contribution is 7.17. The maximum absolute atomic E-state index is 13.3. The minimum absolute atomic E-state index is 0.438. The summed E-state index contributed by atoms with van der Waals surface area (Å²) < 4.78 is 18.5. The van der Waals surface area contributed by atoms with Crippen molar-refractivity contribution < 1.29 is 13.7 Å². The summed E-state index contributed by atoms with van der Waals surface area (Å²) in [7, 11) is 0. The van der Waals surface area contributed by atoms with Gasteiger partial charge in [0.1, 0.15) is 5.01 Å². The molecule has 0 saturated carbocycles. The van der Waals surface area contributed by atoms with Crippen LogP contribution in [0.15, 0.2) is 41.0 Å². The van der Waals surface area contributed by atoms with Crippen LogP contribution in [0.3, 0.4) is 0 Å². The van der Waals surface area contributed by atoms with E-state index in [4.69, 9.17) is 4.42 Å². The molecule has 8 heteroatoms. The quantitative estimate of drug-likeness (QED) is 0.544. The number of hydrogen-bond acceptors (Lipinski definition) is 6. The standard InChI is InChI=1S/C12H6FN3O3S/c13-8-4-3-7(6-9(8)16(17)18)11-14-15-12(20-11)10-2-1-5-19-10/h1-6H. The van der Waals surface area contributed by atoms with E-state index in [0.29, 0.717) is 21.3 Å². The molecule has 20 heavy (non-hydrogen) atoms. The van der Waals surface area contributed by atoms with Crippen LogP contribution in [0.25, 0.3) is 21.3 Å². The first kappa shape index (κ1) is 12.4. The Balaban J connectivity index is 2.02. The average Bonchev–Trinajstić information content (AvgIpc) is 3.09. The maximum Gasteiger partial charge on any atom is 0.305 e. The molecule has 2 aromatic heterocycles. The van der Waals surface area contributed by atoms with Crippen molar-refractivity contribution in [2.75, 3.05) is 0 Å². The van der Waals surface area contributed by atoms with Crippen molar-refractivity contribution in [3.8, 4) is 21.3 Å². The lowest BCUT2D eigenvalue weighted by Crippen LogP contribution is -1.92. The number of furan rings is 1. The first-order valence-electron chi connectivity index (χ1n) is 5.47. The Morgan fingerprint density at radius 1 is 1.25 bits per heavy atom. The van der Waals surface area contributed by atoms with Crippen LogP contribution in [-0.4, -0.2) is 15.1 Å². The van der Waals surface area contributed by atoms with Gasteiger partial charge in [-0.1, -0.05) is 11.3 Å². The number of hydrogen-bond donors (Lipinski definition) is 0. The molecular formula is C12H6FN3O3S. The van der Waals surface area contributed by atoms with E-state index in [-0.39, 0.29) is 0 Å². The van der Waals surface area contributed by atoms with Gasteiger partial charge >= 0.3 is 5.69 Å². The number of nitro benzene ring substituents is 1. The molecule has 0 atom stereocenters. The van der Waals surface area contributed by atoms with Crippen LogP contribution in [-0.2, 0) is 0 Å². The lowest BCUT2D eigenvalue weighted by atomic mass is 10.2. The smallest absolute Gasteiger partial charge is 0.305 e. The summed E-state index contributed by atoms with van der Waals surface area (Å²) in [6, 6.07) is 7.06. The molecule has 0 amide bonds. The largest absolute Gasteiger partial charge is 0.462 e. The van der Waals surface area contributed by atoms with Crippen LogP contribution in [0.2, 0.25) is 0 Å². The molecule has 0 radical (unpaired) electrons. The van der Waals surface area contributed by atoms with Crippen molar-refractivity contribution in [1.82, 2.24) is 10.2 Å². The minimum Gasteiger partial charge on any atom is -0.462 e. The molecule has 2 heterocycles. The van der Waals surface area contributed by atoms with Gasteiger partial charge in [-0.25, -0.2) is 0 Å². The number of rotatable bonds is 3. The SMILES string of the molecule is O=[N+]([O-])c1cc(-c2nnc(-c3ccco3)s2)ccc1F. The molecule has 6 nitrogen and oxygen atoms in total. The maximum atomic E-state index is 13.3. The van der Waals surface area contributed by atoms with Gasteiger partial charge < -0.3 is 4.42 Å². The Morgan fingerprint density at radius 3 is 2.75 bits per heavy atom. The predicted molar refractivity (Wildman–Crippen MR) is 69.7 cm³/mol. The van der Waals surface area contributed by atoms with Crippen LogP contribution in [0.5, 0.6) is 0 Å². The molecule has 0 unspecified atom stereocenters. The van der Waals surface area contributed by atoms with Crippen LogP contribution in [0.1, 0.15) is 0 Å². The zero-order chi connectivity index (χ0) is 14.1. The zero-order valence-corrected chi connectivity index (χ0v) is 10.6. The lowest BCUT2D eigenvalue weighted by molar-refractivity contribution is -0.387. The van der Waals surface area contributed by atoms with Gasteiger partial charge in [-0.2, -0.15) is 4.39 Å². The molecular weight excluding hydrogens is 285 g/mol. The van der Waals surface area contributed by atoms with Crippen molar-refractivity contribution in [3.05, 3.63) is 52.5 Å². The molecule has 0 aliphatic heterocycles. The summed E-state index contributed by atoms with van der Waals surface area (Å²) in [6.07, 6.45) is 1.51. The number of aromatic nitrogens is 2. The van der Waals surface area contributed by atoms with Crippen LogP contribution in [0, 0.1) is 15.9 Å². The monoisotopic (exact) mass is 291 g/mol. The second-order valence-electron chi connectivity index (χ2n) is 3.81. The summed E-state index contributed by atoms with van der Waals surface area (Å²) in [6.45, 7) is 0. The highest BCUT2D eigenvalue weighted by Gasteiger charge is 2.17. The topological polar surface area (TPSA) is 82.1 Å². The normalized spacial score (nSPS) is 10.7. The zero-order valence-electron chi connectivity index (χ0n) is 9.82. The molecule has 0 aliphatic rings. The summed E-state index contributed by atoms with van der Waals surface area (Å²) in [5.41, 5.74) is -0.148. The average molecular weight is 291 g/mol. The first-order chi connectivity index (χ1) is 9.65. The molecule has 0 bridgehead atoms. The molecule has 0 spiro atoms. The highest BCUT2D eigenvalue weighted by Crippen LogP contribution is 2.32. The Hall–Kier alpha value is -2.61. The number of halogens is 1. The molecule has 0 N–H and O–H groups in total. The third-order valence-corrected chi connectivity index (χ3v) is 3.53. The van der Waals surface area contributed by atoms with E-state index in [0.717, 1.165) is 12.1 Å². The van der Waals surface area contributed by atoms with E-state index < -0.39 is 16.4 Å². The second kappa shape index (κ2) is 4.82. The van der Waals surface area contributed by atoms with Gasteiger partial charge in [-0.05, 0) is 24.3 Å². The second-order valence-corrected chi connectivity index (χ2v) is 4.79. The number of benzene rings is 1. The Kier molecular flexibility index (Phi) is 2.99. The molecule has 0 fully saturated rings. The number of nitrogens with zero attached hydrogens (tertiary/aromatic N) is 3. The highest BCUT2D eigenvalue weighted by atomic mass is 32.1. The van der Waals surface area contributed by atoms with Crippen molar-refractivity contribution in [2.24, 2.45) is 0 Å². The molecule has 0 aliphatic carbocycles. The van der Waals surface area contributed by atoms with Crippen LogP contribution in [0.4, 0.5) is 10.1 Å². The van der Waals surface area contributed by atoms with Crippen molar-refractivity contribution in [2.45, 2.75) is 0 Å². The van der Waals surface area contributed by atoms with E-state index >= 15 is 0 Å². The van der Waals surface area contributed by atoms with E-state index in [1.54, 1.807) is 12.1 Å². The fourth-order valence-corrected chi connectivity index (χ4v) is 2.43. The molecule has 100 valence electrons. The molecule has 3 aromatic rings. The Labute approximate surface area is 115 Å². The van der Waals surface area contributed by atoms with E-state index in [1.807, 2.05) is 0 Å². The van der Waals surface area contributed by atoms with Crippen molar-refractivity contribution >= 4 is 17.0 Å². The number of nitro groups is 1. The fourth-order valence-electron chi connectivity index (χ4n) is 1.63. The van der Waals surface area contributed by atoms with Crippen LogP contribution >= 0.6 is 11.3 Å². The summed E-state index contributed by atoms with van der Waals surface area (Å²) in [4.78, 5) is 9.94. The van der Waals surface area contributed by atoms with Crippen LogP contribution < -0.4 is 0 Å². The van der Waals surface area contributed by atoms with Crippen molar-refractivity contribution in [3.63, 3.8) is 0 Å². The first-order valence-corrected chi connectivity index (χ1v) is 6.28. The fraction of sp³-hybridized carbons (Fsp3) is 0. The minimum atomic E-state index is -0.880. The third kappa shape index (κ3) is 2.16. The van der Waals surface area contributed by atoms with Gasteiger partial charge in [0.15, 0.2) is 10.8 Å². The Morgan fingerprint density at radius 2 is 2.05 bits per heavy atom. The van der Waals surface area contributed by atoms with E-state index in [2.05, 4.69) is 10.2 Å². The lowest BCUT2D eigenvalue weighted by Gasteiger charge is -1.97. The summed E-state index contributed by atoms with van der Waals surface area (Å²) in [5, 5.41) is 19.6. The molecule has 3 rings (SSSR count). The third-order valence-electron chi connectivity index (χ3n) is 2.55. The van der Waals surface area contributed by atoms with Gasteiger partial charge in [-0.3, -0.25) is 10.1 Å². The summed E-state index contributed by atoms with van der Waals surface area (Å²) >= 11 is 1.21. The Bertz CT molecular complexity index is 770. The van der Waals surface area contributed by atoms with Gasteiger partial charge in [0.25, 0.3) is 0 Å². The summed E-state index contributed by atoms with van der Waals surface area (Å²) in [5.74, 6) is -0.320. The van der Waals surface area contributed by atoms with Gasteiger partial charge in [-0.15, -0.1) is 10.2 Å². The van der Waals surface area contributed by atoms with E-state index in [1.165, 1.54) is 23.7 Å². The van der Waals surface area contributed by atoms with Gasteiger partial charge in [0, 0.05) is 11.6 Å². The van der Waals surface area contributed by atoms with Gasteiger partial charge in [0.05, 0.1) is 11.2 Å². The molecule has 1 aromatic carbocycles. The van der Waals surface area contributed by atoms with Gasteiger partial charge in [0.2, 0.25) is 5.82 Å².